The molecule has 0 spiro atoms. The lowest BCUT2D eigenvalue weighted by atomic mass is 9.83. The van der Waals surface area contributed by atoms with Crippen LogP contribution in [0.1, 0.15) is 273 Å². The lowest BCUT2D eigenvalue weighted by Gasteiger charge is -2.36. The number of esters is 8. The molecule has 0 saturated heterocycles. The normalized spacial score (nSPS) is 16.2. The lowest BCUT2D eigenvalue weighted by molar-refractivity contribution is -0.166. The Balaban J connectivity index is 0.807. The van der Waals surface area contributed by atoms with Gasteiger partial charge >= 0.3 is 47.8 Å². The maximum Gasteiger partial charge on any atom is 0.324 e. The van der Waals surface area contributed by atoms with E-state index in [2.05, 4.69) is 47.0 Å². The van der Waals surface area contributed by atoms with Gasteiger partial charge in [-0.1, -0.05) is 36.4 Å². The van der Waals surface area contributed by atoms with Gasteiger partial charge in [0.05, 0.1) is 13.2 Å². The van der Waals surface area contributed by atoms with Crippen molar-refractivity contribution in [3.63, 3.8) is 0 Å². The Kier molecular flexibility index (Phi) is 19.0. The molecule has 2 atom stereocenters. The average Bonchev–Trinajstić information content (AvgIpc) is 1.45. The lowest BCUT2D eigenvalue weighted by Crippen LogP contribution is -2.50. The molecule has 107 heavy (non-hydrogen) atoms. The van der Waals surface area contributed by atoms with Crippen LogP contribution in [-0.4, -0.2) is 117 Å². The topological polar surface area (TPSA) is 269 Å². The van der Waals surface area contributed by atoms with Crippen LogP contribution >= 0.6 is 0 Å². The fourth-order valence-electron chi connectivity index (χ4n) is 18.0. The largest absolute Gasteiger partial charge is 0.465 e. The summed E-state index contributed by atoms with van der Waals surface area (Å²) < 4.78 is 46.9. The van der Waals surface area contributed by atoms with Crippen LogP contribution in [0.2, 0.25) is 0 Å². The van der Waals surface area contributed by atoms with Crippen molar-refractivity contribution in [3.8, 4) is 0 Å². The number of nitrogens with one attached hydrogen (secondary N) is 2. The summed E-state index contributed by atoms with van der Waals surface area (Å²) in [6.07, 6.45) is -0.188. The molecular weight excluding hydrogens is 1360 g/mol. The first-order chi connectivity index (χ1) is 49.8. The van der Waals surface area contributed by atoms with E-state index in [-0.39, 0.29) is 116 Å². The number of rotatable bonds is 30. The molecule has 1 saturated carbocycles. The number of fused-ring (bicyclic) bond motifs is 3. The van der Waals surface area contributed by atoms with Crippen LogP contribution < -0.4 is 10.6 Å². The van der Waals surface area contributed by atoms with E-state index in [0.717, 1.165) is 43.8 Å². The summed E-state index contributed by atoms with van der Waals surface area (Å²) >= 11 is 0. The summed E-state index contributed by atoms with van der Waals surface area (Å²) in [7, 11) is 0. The molecular formula is C87H104N2O18. The van der Waals surface area contributed by atoms with Crippen molar-refractivity contribution in [2.24, 2.45) is 5.41 Å². The van der Waals surface area contributed by atoms with Gasteiger partial charge in [0.15, 0.2) is 5.41 Å². The van der Waals surface area contributed by atoms with E-state index in [4.69, 9.17) is 37.9 Å². The number of amides is 2. The van der Waals surface area contributed by atoms with Gasteiger partial charge in [-0.25, -0.2) is 0 Å². The Morgan fingerprint density at radius 2 is 0.570 bits per heavy atom. The Morgan fingerprint density at radius 3 is 0.832 bits per heavy atom. The van der Waals surface area contributed by atoms with Crippen molar-refractivity contribution in [2.75, 3.05) is 13.2 Å². The number of benzene rings is 7. The summed E-state index contributed by atoms with van der Waals surface area (Å²) in [6.45, 7) is 30.8. The molecule has 20 heteroatoms. The van der Waals surface area contributed by atoms with Gasteiger partial charge in [0, 0.05) is 74.3 Å². The highest BCUT2D eigenvalue weighted by Gasteiger charge is 2.79. The van der Waals surface area contributed by atoms with Gasteiger partial charge in [0.2, 0.25) is 11.8 Å². The molecule has 9 aromatic carbocycles. The minimum atomic E-state index is -1.94. The van der Waals surface area contributed by atoms with Crippen LogP contribution in [0.5, 0.6) is 0 Å². The van der Waals surface area contributed by atoms with Gasteiger partial charge in [0.25, 0.3) is 0 Å². The quantitative estimate of drug-likeness (QED) is 0.0139. The highest BCUT2D eigenvalue weighted by atomic mass is 16.6. The Bertz CT molecular complexity index is 4620. The predicted octanol–water partition coefficient (Wildman–Crippen LogP) is 16.2. The molecule has 0 heterocycles. The number of carbonyl (C=O) groups excluding carboxylic acids is 10. The zero-order chi connectivity index (χ0) is 77.6. The van der Waals surface area contributed by atoms with E-state index in [1.165, 1.54) is 75.8 Å². The van der Waals surface area contributed by atoms with E-state index in [0.29, 0.717) is 12.8 Å². The van der Waals surface area contributed by atoms with Crippen molar-refractivity contribution in [1.29, 1.82) is 0 Å². The Morgan fingerprint density at radius 1 is 0.327 bits per heavy atom. The van der Waals surface area contributed by atoms with E-state index in [9.17, 15) is 38.4 Å². The number of carbonyl (C=O) groups is 10. The predicted molar refractivity (Wildman–Crippen MR) is 409 cm³/mol. The molecule has 13 rings (SSSR count). The molecule has 0 bridgehead atoms. The van der Waals surface area contributed by atoms with Crippen LogP contribution in [0.15, 0.2) is 36.4 Å². The third-order valence-electron chi connectivity index (χ3n) is 21.5. The maximum absolute atomic E-state index is 16.0. The first-order valence-corrected chi connectivity index (χ1v) is 38.3. The smallest absolute Gasteiger partial charge is 0.324 e. The van der Waals surface area contributed by atoms with Crippen LogP contribution in [0.25, 0.3) is 86.2 Å². The van der Waals surface area contributed by atoms with Crippen molar-refractivity contribution in [2.45, 2.75) is 297 Å². The monoisotopic (exact) mass is 1460 g/mol. The van der Waals surface area contributed by atoms with Gasteiger partial charge < -0.3 is 48.5 Å². The highest BCUT2D eigenvalue weighted by molar-refractivity contribution is 6.58. The standard InChI is InChI=1S/C87H104N2O18/c1-79(2,3)102-55(92)25-31-85(32-26-56(93)103-80(4,5)6,33-27-57(94)104-81(7,8)9)88-53(90)21-19-37-100-77(98)87(78(99)101-38-20-22-54(91)89-86(34-28-58(95)105-82(10,11)12,35-29-59(96)106-83(13,14)15)36-30-60(97)107-84(16,17)18)75-51-43-49-41-47-39-45-23-24-46-40-48-42-50-44-52(76(75)87)68-67(51)71-65(49)63(47)69-61(45)62(46)70-64(48)66(50)72(68)74(71)73(69)70/h23-24,39-40,43-44,75-76H,19-22,25-38,41-42H2,1-18H3,(H,88,90)(H,89,91). The molecule has 1 fully saturated rings. The molecule has 4 aliphatic rings. The van der Waals surface area contributed by atoms with Crippen molar-refractivity contribution >= 4 is 146 Å². The molecule has 2 amide bonds. The molecule has 0 aliphatic heterocycles. The third kappa shape index (κ3) is 14.7. The van der Waals surface area contributed by atoms with Crippen LogP contribution in [0.4, 0.5) is 0 Å². The zero-order valence-corrected chi connectivity index (χ0v) is 65.6. The van der Waals surface area contributed by atoms with Crippen molar-refractivity contribution < 1.29 is 85.8 Å². The van der Waals surface area contributed by atoms with E-state index < -0.39 is 122 Å². The van der Waals surface area contributed by atoms with Crippen LogP contribution in [0, 0.1) is 5.41 Å². The minimum Gasteiger partial charge on any atom is -0.465 e. The summed E-state index contributed by atoms with van der Waals surface area (Å²) in [5, 5.41) is 25.8. The average molecular weight is 1470 g/mol. The maximum atomic E-state index is 16.0. The molecule has 570 valence electrons. The van der Waals surface area contributed by atoms with Gasteiger partial charge in [-0.15, -0.1) is 0 Å². The summed E-state index contributed by atoms with van der Waals surface area (Å²) in [4.78, 5) is 142. The molecule has 4 aliphatic carbocycles. The first-order valence-electron chi connectivity index (χ1n) is 38.3. The third-order valence-corrected chi connectivity index (χ3v) is 21.5. The first kappa shape index (κ1) is 76.3. The van der Waals surface area contributed by atoms with Crippen molar-refractivity contribution in [1.82, 2.24) is 10.6 Å². The Hall–Kier alpha value is -8.94. The molecule has 0 radical (unpaired) electrons. The van der Waals surface area contributed by atoms with E-state index >= 15 is 9.59 Å². The van der Waals surface area contributed by atoms with Gasteiger partial charge in [-0.05, 0) is 308 Å². The van der Waals surface area contributed by atoms with Crippen LogP contribution in [0.3, 0.4) is 0 Å². The zero-order valence-electron chi connectivity index (χ0n) is 65.6. The number of ether oxygens (including phenoxy) is 8. The molecule has 2 unspecified atom stereocenters. The van der Waals surface area contributed by atoms with Gasteiger partial charge in [-0.3, -0.25) is 47.9 Å². The number of hydrogen-bond acceptors (Lipinski definition) is 18. The molecule has 0 aromatic heterocycles. The van der Waals surface area contributed by atoms with Gasteiger partial charge in [0.1, 0.15) is 33.6 Å². The number of hydrogen-bond donors (Lipinski definition) is 2. The minimum absolute atomic E-state index is 0.00606. The Labute approximate surface area is 624 Å². The fourth-order valence-corrected chi connectivity index (χ4v) is 18.0. The molecule has 9 aromatic rings. The summed E-state index contributed by atoms with van der Waals surface area (Å²) in [6, 6.07) is 13.7. The second-order valence-electron chi connectivity index (χ2n) is 36.9. The molecule has 2 N–H and O–H groups in total. The SMILES string of the molecule is CC(C)(C)OC(=O)CCC(CCC(=O)OC(C)(C)C)(CCC(=O)OC(C)(C)C)NC(=O)CCCOC(=O)C1(C(=O)OCCCC(=O)NC(CCC(=O)OC(C)(C)C)(CCC(=O)OC(C)(C)C)CCC(=O)OC(C)(C)C)C2c3cc4c5c6c(cc7ccc8cc9c%10c%11c(cc(c%12c3c5c(c%12%11)c3c6c7c8c%103)C21)C9)C4. The summed E-state index contributed by atoms with van der Waals surface area (Å²) in [5.41, 5.74) is -3.07. The van der Waals surface area contributed by atoms with E-state index in [1.807, 2.05) is 0 Å². The second-order valence-corrected chi connectivity index (χ2v) is 36.9. The second kappa shape index (κ2) is 26.7. The van der Waals surface area contributed by atoms with Crippen LogP contribution in [-0.2, 0) is 98.7 Å². The summed E-state index contributed by atoms with van der Waals surface area (Å²) in [5.74, 6) is -7.40. The molecule has 20 nitrogen and oxygen atoms in total. The fraction of sp³-hybridized carbons (Fsp3) is 0.563. The van der Waals surface area contributed by atoms with E-state index in [1.54, 1.807) is 125 Å². The van der Waals surface area contributed by atoms with Gasteiger partial charge in [-0.2, -0.15) is 0 Å². The van der Waals surface area contributed by atoms with Crippen molar-refractivity contribution in [3.05, 3.63) is 69.8 Å². The highest BCUT2D eigenvalue weighted by Crippen LogP contribution is 2.77.